The molecule has 6 nitrogen and oxygen atoms in total. The van der Waals surface area contributed by atoms with Gasteiger partial charge in [-0.05, 0) is 5.56 Å². The Balaban J connectivity index is 2.58. The van der Waals surface area contributed by atoms with E-state index in [1.165, 1.54) is 0 Å². The molecule has 0 atom stereocenters. The van der Waals surface area contributed by atoms with E-state index in [0.29, 0.717) is 12.2 Å². The van der Waals surface area contributed by atoms with Crippen LogP contribution in [0.2, 0.25) is 0 Å². The topological polar surface area (TPSA) is 117 Å². The fourth-order valence-electron chi connectivity index (χ4n) is 1.47. The minimum Gasteiger partial charge on any atom is -0.382 e. The van der Waals surface area contributed by atoms with E-state index in [9.17, 15) is 0 Å². The van der Waals surface area contributed by atoms with Gasteiger partial charge in [-0.1, -0.05) is 24.3 Å². The fourth-order valence-corrected chi connectivity index (χ4v) is 1.47. The summed E-state index contributed by atoms with van der Waals surface area (Å²) in [6.07, 6.45) is 0. The van der Waals surface area contributed by atoms with Crippen molar-refractivity contribution in [2.75, 3.05) is 11.5 Å². The molecule has 0 saturated heterocycles. The van der Waals surface area contributed by atoms with E-state index in [-0.39, 0.29) is 11.8 Å². The summed E-state index contributed by atoms with van der Waals surface area (Å²) in [5.74, 6) is 0.319. The van der Waals surface area contributed by atoms with Crippen molar-refractivity contribution in [2.24, 2.45) is 5.73 Å². The van der Waals surface area contributed by atoms with Crippen LogP contribution in [0.3, 0.4) is 0 Å². The summed E-state index contributed by atoms with van der Waals surface area (Å²) in [5, 5.41) is 7.63. The molecule has 0 saturated carbocycles. The number of nitrogens with zero attached hydrogens (tertiary/aromatic N) is 3. The third-order valence-corrected chi connectivity index (χ3v) is 2.22. The molecule has 0 unspecified atom stereocenters. The van der Waals surface area contributed by atoms with E-state index in [1.54, 1.807) is 0 Å². The van der Waals surface area contributed by atoms with Gasteiger partial charge in [0.2, 0.25) is 5.95 Å². The monoisotopic (exact) mass is 216 g/mol. The predicted molar refractivity (Wildman–Crippen MR) is 62.0 cm³/mol. The summed E-state index contributed by atoms with van der Waals surface area (Å²) in [6.45, 7) is 0.404. The highest BCUT2D eigenvalue weighted by atomic mass is 15.2. The average Bonchev–Trinajstić information content (AvgIpc) is 2.29. The maximum atomic E-state index is 5.74. The van der Waals surface area contributed by atoms with Crippen molar-refractivity contribution in [1.82, 2.24) is 15.2 Å². The van der Waals surface area contributed by atoms with Gasteiger partial charge in [-0.2, -0.15) is 4.98 Å². The number of benzene rings is 1. The van der Waals surface area contributed by atoms with Crippen LogP contribution in [0.15, 0.2) is 24.3 Å². The van der Waals surface area contributed by atoms with E-state index < -0.39 is 0 Å². The Morgan fingerprint density at radius 3 is 2.50 bits per heavy atom. The molecule has 0 spiro atoms. The molecule has 0 aliphatic carbocycles. The molecule has 0 bridgehead atoms. The average molecular weight is 216 g/mol. The molecule has 82 valence electrons. The van der Waals surface area contributed by atoms with Crippen LogP contribution < -0.4 is 17.2 Å². The van der Waals surface area contributed by atoms with Gasteiger partial charge in [0.25, 0.3) is 0 Å². The van der Waals surface area contributed by atoms with Crippen LogP contribution in [-0.2, 0) is 6.54 Å². The van der Waals surface area contributed by atoms with Crippen LogP contribution in [0.5, 0.6) is 0 Å². The molecule has 0 aliphatic rings. The molecule has 0 radical (unpaired) electrons. The SMILES string of the molecule is NCc1ccccc1-c1nnc(N)nc1N. The molecule has 1 aromatic heterocycles. The first kappa shape index (κ1) is 10.3. The highest BCUT2D eigenvalue weighted by molar-refractivity contribution is 5.72. The second-order valence-corrected chi connectivity index (χ2v) is 3.27. The lowest BCUT2D eigenvalue weighted by Gasteiger charge is -2.07. The first-order valence-corrected chi connectivity index (χ1v) is 4.76. The third kappa shape index (κ3) is 1.78. The number of nitrogens with two attached hydrogens (primary N) is 3. The molecule has 16 heavy (non-hydrogen) atoms. The number of aromatic nitrogens is 3. The summed E-state index contributed by atoms with van der Waals surface area (Å²) < 4.78 is 0. The molecular weight excluding hydrogens is 204 g/mol. The van der Waals surface area contributed by atoms with Gasteiger partial charge in [-0.3, -0.25) is 0 Å². The minimum absolute atomic E-state index is 0.0616. The van der Waals surface area contributed by atoms with E-state index in [2.05, 4.69) is 15.2 Å². The summed E-state index contributed by atoms with van der Waals surface area (Å²) in [6, 6.07) is 7.57. The molecular formula is C10H12N6. The zero-order valence-electron chi connectivity index (χ0n) is 8.59. The second kappa shape index (κ2) is 4.11. The Kier molecular flexibility index (Phi) is 2.65. The smallest absolute Gasteiger partial charge is 0.242 e. The van der Waals surface area contributed by atoms with Gasteiger partial charge >= 0.3 is 0 Å². The number of rotatable bonds is 2. The Morgan fingerprint density at radius 1 is 1.06 bits per heavy atom. The maximum absolute atomic E-state index is 5.74. The van der Waals surface area contributed by atoms with Crippen LogP contribution in [0.4, 0.5) is 11.8 Å². The number of hydrogen-bond acceptors (Lipinski definition) is 6. The molecule has 0 aliphatic heterocycles. The maximum Gasteiger partial charge on any atom is 0.242 e. The lowest BCUT2D eigenvalue weighted by Crippen LogP contribution is -2.06. The molecule has 0 amide bonds. The Hall–Kier alpha value is -2.21. The van der Waals surface area contributed by atoms with Crippen molar-refractivity contribution >= 4 is 11.8 Å². The summed E-state index contributed by atoms with van der Waals surface area (Å²) in [5.41, 5.74) is 19.0. The molecule has 0 fully saturated rings. The molecule has 2 aromatic rings. The highest BCUT2D eigenvalue weighted by Crippen LogP contribution is 2.24. The van der Waals surface area contributed by atoms with Crippen molar-refractivity contribution in [3.05, 3.63) is 29.8 Å². The van der Waals surface area contributed by atoms with Crippen molar-refractivity contribution < 1.29 is 0 Å². The first-order valence-electron chi connectivity index (χ1n) is 4.76. The Morgan fingerprint density at radius 2 is 1.81 bits per heavy atom. The largest absolute Gasteiger partial charge is 0.382 e. The minimum atomic E-state index is 0.0616. The van der Waals surface area contributed by atoms with E-state index in [4.69, 9.17) is 17.2 Å². The standard InChI is InChI=1S/C10H12N6/c11-5-6-3-1-2-4-7(6)8-9(12)14-10(13)16-15-8/h1-4H,5,11H2,(H4,12,13,14,16). The van der Waals surface area contributed by atoms with Crippen LogP contribution in [-0.4, -0.2) is 15.2 Å². The number of hydrogen-bond donors (Lipinski definition) is 3. The van der Waals surface area contributed by atoms with Crippen molar-refractivity contribution in [2.45, 2.75) is 6.54 Å². The van der Waals surface area contributed by atoms with Crippen LogP contribution in [0, 0.1) is 0 Å². The van der Waals surface area contributed by atoms with Crippen molar-refractivity contribution in [3.63, 3.8) is 0 Å². The Labute approximate surface area is 92.5 Å². The summed E-state index contributed by atoms with van der Waals surface area (Å²) in [4.78, 5) is 3.87. The van der Waals surface area contributed by atoms with Crippen molar-refractivity contribution in [3.8, 4) is 11.3 Å². The molecule has 6 N–H and O–H groups in total. The number of nitrogen functional groups attached to an aromatic ring is 2. The van der Waals surface area contributed by atoms with Gasteiger partial charge in [-0.15, -0.1) is 10.2 Å². The first-order chi connectivity index (χ1) is 7.72. The zero-order chi connectivity index (χ0) is 11.5. The predicted octanol–water partition coefficient (Wildman–Crippen LogP) is 0.162. The summed E-state index contributed by atoms with van der Waals surface area (Å²) >= 11 is 0. The summed E-state index contributed by atoms with van der Waals surface area (Å²) in [7, 11) is 0. The quantitative estimate of drug-likeness (QED) is 0.658. The molecule has 6 heteroatoms. The lowest BCUT2D eigenvalue weighted by atomic mass is 10.0. The number of anilines is 2. The van der Waals surface area contributed by atoms with Gasteiger partial charge in [0, 0.05) is 12.1 Å². The van der Waals surface area contributed by atoms with Gasteiger partial charge < -0.3 is 17.2 Å². The lowest BCUT2D eigenvalue weighted by molar-refractivity contribution is 0.990. The normalized spacial score (nSPS) is 10.3. The van der Waals surface area contributed by atoms with Crippen LogP contribution >= 0.6 is 0 Å². The molecule has 2 rings (SSSR count). The highest BCUT2D eigenvalue weighted by Gasteiger charge is 2.10. The second-order valence-electron chi connectivity index (χ2n) is 3.27. The van der Waals surface area contributed by atoms with Crippen molar-refractivity contribution in [1.29, 1.82) is 0 Å². The molecule has 1 aromatic carbocycles. The molecule has 1 heterocycles. The van der Waals surface area contributed by atoms with Gasteiger partial charge in [0.15, 0.2) is 5.82 Å². The van der Waals surface area contributed by atoms with Gasteiger partial charge in [0.1, 0.15) is 5.69 Å². The third-order valence-electron chi connectivity index (χ3n) is 2.22. The fraction of sp³-hybridized carbons (Fsp3) is 0.100. The van der Waals surface area contributed by atoms with E-state index in [0.717, 1.165) is 11.1 Å². The van der Waals surface area contributed by atoms with E-state index in [1.807, 2.05) is 24.3 Å². The van der Waals surface area contributed by atoms with E-state index >= 15 is 0 Å². The van der Waals surface area contributed by atoms with Crippen LogP contribution in [0.1, 0.15) is 5.56 Å². The van der Waals surface area contributed by atoms with Gasteiger partial charge in [0.05, 0.1) is 0 Å². The Bertz CT molecular complexity index is 510. The van der Waals surface area contributed by atoms with Gasteiger partial charge in [-0.25, -0.2) is 0 Å². The zero-order valence-corrected chi connectivity index (χ0v) is 8.59. The van der Waals surface area contributed by atoms with Crippen LogP contribution in [0.25, 0.3) is 11.3 Å².